The van der Waals surface area contributed by atoms with Crippen molar-refractivity contribution in [3.8, 4) is 0 Å². The fraction of sp³-hybridized carbons (Fsp3) is 0.500. The largest absolute Gasteiger partial charge is 0.396 e. The zero-order chi connectivity index (χ0) is 13.1. The zero-order valence-electron chi connectivity index (χ0n) is 10.1. The van der Waals surface area contributed by atoms with Crippen LogP contribution in [0.2, 0.25) is 0 Å². The van der Waals surface area contributed by atoms with Crippen molar-refractivity contribution in [3.05, 3.63) is 28.3 Å². The molecule has 2 rings (SSSR count). The first-order chi connectivity index (χ1) is 8.63. The minimum Gasteiger partial charge on any atom is -0.396 e. The molecule has 1 saturated heterocycles. The van der Waals surface area contributed by atoms with Crippen LogP contribution in [-0.2, 0) is 0 Å². The third kappa shape index (κ3) is 2.38. The number of rotatable bonds is 3. The Hall–Kier alpha value is -1.82. The Balaban J connectivity index is 2.24. The van der Waals surface area contributed by atoms with Crippen molar-refractivity contribution in [2.24, 2.45) is 5.92 Å². The second-order valence-corrected chi connectivity index (χ2v) is 4.59. The molecule has 1 heterocycles. The Morgan fingerprint density at radius 3 is 2.67 bits per heavy atom. The number of aliphatic hydroxyl groups is 1. The maximum absolute atomic E-state index is 11.1. The van der Waals surface area contributed by atoms with Crippen LogP contribution in [0.3, 0.4) is 0 Å². The molecular weight excluding hydrogens is 234 g/mol. The van der Waals surface area contributed by atoms with E-state index in [1.807, 2.05) is 4.90 Å². The third-order valence-electron chi connectivity index (χ3n) is 3.44. The number of anilines is 2. The van der Waals surface area contributed by atoms with Crippen molar-refractivity contribution in [2.75, 3.05) is 30.3 Å². The first-order valence-corrected chi connectivity index (χ1v) is 6.02. The molecule has 98 valence electrons. The van der Waals surface area contributed by atoms with Gasteiger partial charge < -0.3 is 15.7 Å². The molecule has 6 nitrogen and oxygen atoms in total. The van der Waals surface area contributed by atoms with Gasteiger partial charge >= 0.3 is 5.69 Å². The summed E-state index contributed by atoms with van der Waals surface area (Å²) in [6.07, 6.45) is 1.70. The van der Waals surface area contributed by atoms with E-state index in [-0.39, 0.29) is 18.0 Å². The second-order valence-electron chi connectivity index (χ2n) is 4.59. The van der Waals surface area contributed by atoms with Gasteiger partial charge in [0.1, 0.15) is 11.4 Å². The minimum atomic E-state index is -0.428. The fourth-order valence-electron chi connectivity index (χ4n) is 2.36. The maximum Gasteiger partial charge on any atom is 0.315 e. The highest BCUT2D eigenvalue weighted by Gasteiger charge is 2.26. The zero-order valence-corrected chi connectivity index (χ0v) is 10.1. The van der Waals surface area contributed by atoms with Gasteiger partial charge in [-0.05, 0) is 30.9 Å². The lowest BCUT2D eigenvalue weighted by Gasteiger charge is -2.32. The van der Waals surface area contributed by atoms with Crippen LogP contribution < -0.4 is 10.6 Å². The van der Waals surface area contributed by atoms with Gasteiger partial charge in [-0.3, -0.25) is 10.1 Å². The Labute approximate surface area is 105 Å². The number of benzene rings is 1. The summed E-state index contributed by atoms with van der Waals surface area (Å²) in [7, 11) is 0. The molecule has 0 bridgehead atoms. The molecule has 3 N–H and O–H groups in total. The normalized spacial score (nSPS) is 16.8. The average Bonchev–Trinajstić information content (AvgIpc) is 2.38. The summed E-state index contributed by atoms with van der Waals surface area (Å²) in [6, 6.07) is 5.01. The number of nitrogens with zero attached hydrogens (tertiary/aromatic N) is 2. The van der Waals surface area contributed by atoms with Gasteiger partial charge in [-0.15, -0.1) is 0 Å². The predicted octanol–water partition coefficient (Wildman–Crippen LogP) is 1.39. The highest BCUT2D eigenvalue weighted by atomic mass is 16.6. The number of aliphatic hydroxyl groups excluding tert-OH is 1. The molecule has 1 aromatic rings. The fourth-order valence-corrected chi connectivity index (χ4v) is 2.36. The van der Waals surface area contributed by atoms with Gasteiger partial charge in [0.15, 0.2) is 0 Å². The van der Waals surface area contributed by atoms with E-state index in [1.54, 1.807) is 18.2 Å². The monoisotopic (exact) mass is 251 g/mol. The summed E-state index contributed by atoms with van der Waals surface area (Å²) in [4.78, 5) is 12.6. The van der Waals surface area contributed by atoms with E-state index >= 15 is 0 Å². The lowest BCUT2D eigenvalue weighted by Crippen LogP contribution is -2.35. The molecule has 0 spiro atoms. The Morgan fingerprint density at radius 2 is 2.11 bits per heavy atom. The molecule has 1 fully saturated rings. The van der Waals surface area contributed by atoms with E-state index in [4.69, 9.17) is 10.8 Å². The van der Waals surface area contributed by atoms with Gasteiger partial charge in [0.2, 0.25) is 0 Å². The van der Waals surface area contributed by atoms with E-state index in [2.05, 4.69) is 0 Å². The van der Waals surface area contributed by atoms with Crippen molar-refractivity contribution < 1.29 is 10.0 Å². The van der Waals surface area contributed by atoms with E-state index < -0.39 is 4.92 Å². The molecule has 1 aromatic carbocycles. The van der Waals surface area contributed by atoms with Gasteiger partial charge in [-0.25, -0.2) is 0 Å². The van der Waals surface area contributed by atoms with Crippen LogP contribution in [0.4, 0.5) is 17.1 Å². The molecule has 6 heteroatoms. The number of nitro benzene ring substituents is 1. The minimum absolute atomic E-state index is 0.0139. The van der Waals surface area contributed by atoms with Crippen LogP contribution in [0.5, 0.6) is 0 Å². The number of hydrogen-bond donors (Lipinski definition) is 2. The van der Waals surface area contributed by atoms with E-state index in [1.165, 1.54) is 0 Å². The lowest BCUT2D eigenvalue weighted by molar-refractivity contribution is -0.383. The van der Waals surface area contributed by atoms with E-state index in [9.17, 15) is 10.1 Å². The average molecular weight is 251 g/mol. The Bertz CT molecular complexity index is 442. The SMILES string of the molecule is Nc1cccc(N2CCC(CO)CC2)c1[N+](=O)[O-]. The number of nitrogens with two attached hydrogens (primary N) is 1. The molecule has 0 amide bonds. The summed E-state index contributed by atoms with van der Waals surface area (Å²) in [5.41, 5.74) is 6.44. The summed E-state index contributed by atoms with van der Waals surface area (Å²) < 4.78 is 0. The summed E-state index contributed by atoms with van der Waals surface area (Å²) in [5.74, 6) is 0.307. The summed E-state index contributed by atoms with van der Waals surface area (Å²) in [6.45, 7) is 1.62. The Kier molecular flexibility index (Phi) is 3.66. The van der Waals surface area contributed by atoms with Crippen LogP contribution in [0.25, 0.3) is 0 Å². The van der Waals surface area contributed by atoms with E-state index in [0.29, 0.717) is 11.6 Å². The van der Waals surface area contributed by atoms with Crippen LogP contribution in [0.1, 0.15) is 12.8 Å². The molecule has 0 radical (unpaired) electrons. The number of hydrogen-bond acceptors (Lipinski definition) is 5. The van der Waals surface area contributed by atoms with Crippen LogP contribution in [-0.4, -0.2) is 29.7 Å². The van der Waals surface area contributed by atoms with Crippen molar-refractivity contribution in [2.45, 2.75) is 12.8 Å². The smallest absolute Gasteiger partial charge is 0.315 e. The first kappa shape index (κ1) is 12.6. The number of para-hydroxylation sites is 1. The predicted molar refractivity (Wildman–Crippen MR) is 69.5 cm³/mol. The molecule has 1 aliphatic heterocycles. The number of piperidine rings is 1. The quantitative estimate of drug-likeness (QED) is 0.481. The second kappa shape index (κ2) is 5.22. The molecular formula is C12H17N3O3. The molecule has 0 saturated carbocycles. The number of nitro groups is 1. The summed E-state index contributed by atoms with van der Waals surface area (Å²) >= 11 is 0. The highest BCUT2D eigenvalue weighted by Crippen LogP contribution is 2.35. The van der Waals surface area contributed by atoms with Gasteiger partial charge in [-0.2, -0.15) is 0 Å². The third-order valence-corrected chi connectivity index (χ3v) is 3.44. The van der Waals surface area contributed by atoms with Crippen molar-refractivity contribution >= 4 is 17.1 Å². The van der Waals surface area contributed by atoms with Crippen LogP contribution in [0, 0.1) is 16.0 Å². The van der Waals surface area contributed by atoms with Gasteiger partial charge in [0.25, 0.3) is 0 Å². The van der Waals surface area contributed by atoms with Gasteiger partial charge in [0.05, 0.1) is 4.92 Å². The van der Waals surface area contributed by atoms with Crippen LogP contribution in [0.15, 0.2) is 18.2 Å². The molecule has 0 unspecified atom stereocenters. The molecule has 0 aliphatic carbocycles. The summed E-state index contributed by atoms with van der Waals surface area (Å²) in [5, 5.41) is 20.2. The van der Waals surface area contributed by atoms with Crippen LogP contribution >= 0.6 is 0 Å². The van der Waals surface area contributed by atoms with Gasteiger partial charge in [-0.1, -0.05) is 6.07 Å². The first-order valence-electron chi connectivity index (χ1n) is 6.02. The Morgan fingerprint density at radius 1 is 1.44 bits per heavy atom. The van der Waals surface area contributed by atoms with Crippen molar-refractivity contribution in [1.29, 1.82) is 0 Å². The standard InChI is InChI=1S/C12H17N3O3/c13-10-2-1-3-11(12(10)15(17)18)14-6-4-9(8-16)5-7-14/h1-3,9,16H,4-8,13H2. The van der Waals surface area contributed by atoms with Crippen molar-refractivity contribution in [1.82, 2.24) is 0 Å². The number of nitrogen functional groups attached to an aromatic ring is 1. The topological polar surface area (TPSA) is 92.6 Å². The van der Waals surface area contributed by atoms with E-state index in [0.717, 1.165) is 25.9 Å². The van der Waals surface area contributed by atoms with Gasteiger partial charge in [0, 0.05) is 19.7 Å². The molecule has 0 atom stereocenters. The molecule has 0 aromatic heterocycles. The lowest BCUT2D eigenvalue weighted by atomic mass is 9.97. The maximum atomic E-state index is 11.1. The molecule has 1 aliphatic rings. The van der Waals surface area contributed by atoms with Crippen molar-refractivity contribution in [3.63, 3.8) is 0 Å². The highest BCUT2D eigenvalue weighted by molar-refractivity contribution is 5.75. The molecule has 18 heavy (non-hydrogen) atoms.